The van der Waals surface area contributed by atoms with E-state index in [1.807, 2.05) is 66.2 Å². The summed E-state index contributed by atoms with van der Waals surface area (Å²) in [5.41, 5.74) is 3.07. The fourth-order valence-electron chi connectivity index (χ4n) is 3.46. The van der Waals surface area contributed by atoms with Crippen LogP contribution in [0, 0.1) is 6.92 Å². The second-order valence-corrected chi connectivity index (χ2v) is 7.30. The number of oxazole rings is 1. The Morgan fingerprint density at radius 1 is 1.12 bits per heavy atom. The number of methoxy groups -OCH3 is 1. The van der Waals surface area contributed by atoms with Gasteiger partial charge in [-0.1, -0.05) is 42.5 Å². The maximum absolute atomic E-state index is 12.9. The van der Waals surface area contributed by atoms with Gasteiger partial charge in [0.1, 0.15) is 11.5 Å². The van der Waals surface area contributed by atoms with Gasteiger partial charge in [-0.15, -0.1) is 5.10 Å². The largest absolute Gasteiger partial charge is 0.497 e. The number of amides is 1. The van der Waals surface area contributed by atoms with Crippen LogP contribution in [0.1, 0.15) is 34.4 Å². The van der Waals surface area contributed by atoms with Gasteiger partial charge in [-0.2, -0.15) is 0 Å². The summed E-state index contributed by atoms with van der Waals surface area (Å²) in [7, 11) is 1.65. The molecule has 0 spiro atoms. The highest BCUT2D eigenvalue weighted by Gasteiger charge is 2.21. The molecular weight excluding hydrogens is 406 g/mol. The highest BCUT2D eigenvalue weighted by atomic mass is 16.5. The van der Waals surface area contributed by atoms with Crippen LogP contribution in [0.2, 0.25) is 0 Å². The van der Waals surface area contributed by atoms with Crippen molar-refractivity contribution in [3.8, 4) is 17.2 Å². The molecule has 8 nitrogen and oxygen atoms in total. The first kappa shape index (κ1) is 21.3. The third-order valence-corrected chi connectivity index (χ3v) is 5.21. The molecule has 0 aliphatic heterocycles. The van der Waals surface area contributed by atoms with E-state index in [0.29, 0.717) is 30.4 Å². The first-order valence-corrected chi connectivity index (χ1v) is 10.5. The number of rotatable bonds is 8. The lowest BCUT2D eigenvalue weighted by Crippen LogP contribution is -2.15. The number of hydrogen-bond donors (Lipinski definition) is 1. The van der Waals surface area contributed by atoms with Gasteiger partial charge < -0.3 is 14.5 Å². The van der Waals surface area contributed by atoms with Crippen LogP contribution in [-0.4, -0.2) is 33.0 Å². The van der Waals surface area contributed by atoms with Crippen molar-refractivity contribution < 1.29 is 13.9 Å². The van der Waals surface area contributed by atoms with Gasteiger partial charge in [-0.25, -0.2) is 9.67 Å². The van der Waals surface area contributed by atoms with Crippen LogP contribution in [0.25, 0.3) is 11.5 Å². The second-order valence-electron chi connectivity index (χ2n) is 7.30. The molecule has 0 radical (unpaired) electrons. The van der Waals surface area contributed by atoms with Crippen molar-refractivity contribution in [1.82, 2.24) is 20.0 Å². The van der Waals surface area contributed by atoms with E-state index in [-0.39, 0.29) is 11.6 Å². The summed E-state index contributed by atoms with van der Waals surface area (Å²) in [4.78, 5) is 17.3. The summed E-state index contributed by atoms with van der Waals surface area (Å²) in [6.45, 7) is 4.38. The Hall–Kier alpha value is -3.94. The van der Waals surface area contributed by atoms with Gasteiger partial charge in [0.2, 0.25) is 5.89 Å². The molecule has 0 fully saturated rings. The third kappa shape index (κ3) is 4.54. The summed E-state index contributed by atoms with van der Waals surface area (Å²) >= 11 is 0. The normalized spacial score (nSPS) is 10.8. The molecule has 0 saturated heterocycles. The molecule has 2 aromatic carbocycles. The van der Waals surface area contributed by atoms with Crippen LogP contribution in [0.4, 0.5) is 5.82 Å². The van der Waals surface area contributed by atoms with Crippen LogP contribution in [0.3, 0.4) is 0 Å². The Morgan fingerprint density at radius 3 is 2.56 bits per heavy atom. The van der Waals surface area contributed by atoms with Crippen molar-refractivity contribution in [3.63, 3.8) is 0 Å². The summed E-state index contributed by atoms with van der Waals surface area (Å²) in [6, 6.07) is 17.4. The third-order valence-electron chi connectivity index (χ3n) is 5.21. The van der Waals surface area contributed by atoms with Crippen LogP contribution in [0.15, 0.2) is 59.0 Å². The predicted molar refractivity (Wildman–Crippen MR) is 121 cm³/mol. The standard InChI is InChI=1S/C24H25N5O3/c1-4-20-22(27-28-29(20)15-14-17-10-12-19(31-3)13-11-17)26-23(30)21-16(2)32-24(25-21)18-8-6-5-7-9-18/h5-13H,4,14-15H2,1-3H3,(H,26,30). The quantitative estimate of drug-likeness (QED) is 0.447. The number of aromatic nitrogens is 4. The molecule has 0 saturated carbocycles. The first-order chi connectivity index (χ1) is 15.6. The molecule has 1 N–H and O–H groups in total. The lowest BCUT2D eigenvalue weighted by atomic mass is 10.1. The van der Waals surface area contributed by atoms with E-state index in [1.165, 1.54) is 5.56 Å². The minimum Gasteiger partial charge on any atom is -0.497 e. The molecule has 4 rings (SSSR count). The molecule has 32 heavy (non-hydrogen) atoms. The van der Waals surface area contributed by atoms with E-state index < -0.39 is 0 Å². The van der Waals surface area contributed by atoms with E-state index in [9.17, 15) is 4.79 Å². The second kappa shape index (κ2) is 9.47. The Morgan fingerprint density at radius 2 is 1.88 bits per heavy atom. The number of anilines is 1. The number of hydrogen-bond acceptors (Lipinski definition) is 6. The maximum atomic E-state index is 12.9. The summed E-state index contributed by atoms with van der Waals surface area (Å²) in [5.74, 6) is 1.76. The van der Waals surface area contributed by atoms with E-state index in [1.54, 1.807) is 14.0 Å². The predicted octanol–water partition coefficient (Wildman–Crippen LogP) is 4.31. The Bertz CT molecular complexity index is 1200. The van der Waals surface area contributed by atoms with E-state index in [0.717, 1.165) is 23.4 Å². The van der Waals surface area contributed by atoms with Crippen LogP contribution < -0.4 is 10.1 Å². The molecule has 4 aromatic rings. The zero-order chi connectivity index (χ0) is 22.5. The lowest BCUT2D eigenvalue weighted by Gasteiger charge is -2.07. The SMILES string of the molecule is CCc1c(NC(=O)c2nc(-c3ccccc3)oc2C)nnn1CCc1ccc(OC)cc1. The zero-order valence-electron chi connectivity index (χ0n) is 18.3. The zero-order valence-corrected chi connectivity index (χ0v) is 18.3. The smallest absolute Gasteiger partial charge is 0.279 e. The van der Waals surface area contributed by atoms with Gasteiger partial charge in [0, 0.05) is 12.1 Å². The fourth-order valence-corrected chi connectivity index (χ4v) is 3.46. The van der Waals surface area contributed by atoms with Crippen LogP contribution in [-0.2, 0) is 19.4 Å². The average molecular weight is 431 g/mol. The van der Waals surface area contributed by atoms with Crippen molar-refractivity contribution in [2.45, 2.75) is 33.2 Å². The fraction of sp³-hybridized carbons (Fsp3) is 0.250. The van der Waals surface area contributed by atoms with E-state index in [4.69, 9.17) is 9.15 Å². The highest BCUT2D eigenvalue weighted by molar-refractivity contribution is 6.03. The van der Waals surface area contributed by atoms with E-state index >= 15 is 0 Å². The summed E-state index contributed by atoms with van der Waals surface area (Å²) < 4.78 is 12.7. The highest BCUT2D eigenvalue weighted by Crippen LogP contribution is 2.23. The topological polar surface area (TPSA) is 95.1 Å². The number of carbonyl (C=O) groups is 1. The molecular formula is C24H25N5O3. The number of carbonyl (C=O) groups excluding carboxylic acids is 1. The minimum atomic E-state index is -0.370. The van der Waals surface area contributed by atoms with Crippen molar-refractivity contribution in [1.29, 1.82) is 0 Å². The molecule has 0 atom stereocenters. The number of ether oxygens (including phenoxy) is 1. The number of benzene rings is 2. The van der Waals surface area contributed by atoms with Gasteiger partial charge in [0.05, 0.1) is 12.8 Å². The molecule has 164 valence electrons. The van der Waals surface area contributed by atoms with Crippen LogP contribution in [0.5, 0.6) is 5.75 Å². The van der Waals surface area contributed by atoms with Gasteiger partial charge in [-0.05, 0) is 49.6 Å². The molecule has 2 aromatic heterocycles. The maximum Gasteiger partial charge on any atom is 0.279 e. The molecule has 2 heterocycles. The van der Waals surface area contributed by atoms with Gasteiger partial charge >= 0.3 is 0 Å². The molecule has 0 aliphatic carbocycles. The van der Waals surface area contributed by atoms with Crippen molar-refractivity contribution in [2.75, 3.05) is 12.4 Å². The molecule has 8 heteroatoms. The number of aryl methyl sites for hydroxylation is 3. The molecule has 1 amide bonds. The first-order valence-electron chi connectivity index (χ1n) is 10.5. The van der Waals surface area contributed by atoms with Gasteiger partial charge in [0.15, 0.2) is 11.5 Å². The lowest BCUT2D eigenvalue weighted by molar-refractivity contribution is 0.102. The van der Waals surface area contributed by atoms with Crippen molar-refractivity contribution in [2.24, 2.45) is 0 Å². The van der Waals surface area contributed by atoms with Crippen molar-refractivity contribution in [3.05, 3.63) is 77.3 Å². The number of nitrogens with zero attached hydrogens (tertiary/aromatic N) is 4. The van der Waals surface area contributed by atoms with Gasteiger partial charge in [0.25, 0.3) is 5.91 Å². The summed E-state index contributed by atoms with van der Waals surface area (Å²) in [6.07, 6.45) is 1.47. The van der Waals surface area contributed by atoms with Crippen LogP contribution >= 0.6 is 0 Å². The average Bonchev–Trinajstić information content (AvgIpc) is 3.41. The van der Waals surface area contributed by atoms with E-state index in [2.05, 4.69) is 20.6 Å². The number of nitrogens with one attached hydrogen (secondary N) is 1. The minimum absolute atomic E-state index is 0.235. The van der Waals surface area contributed by atoms with Gasteiger partial charge in [-0.3, -0.25) is 4.79 Å². The molecule has 0 aliphatic rings. The Labute approximate surface area is 186 Å². The van der Waals surface area contributed by atoms with Crippen molar-refractivity contribution >= 4 is 11.7 Å². The molecule has 0 unspecified atom stereocenters. The Balaban J connectivity index is 1.47. The molecule has 0 bridgehead atoms. The Kier molecular flexibility index (Phi) is 6.30. The summed E-state index contributed by atoms with van der Waals surface area (Å²) in [5, 5.41) is 11.3. The monoisotopic (exact) mass is 431 g/mol.